The fourth-order valence-corrected chi connectivity index (χ4v) is 2.99. The quantitative estimate of drug-likeness (QED) is 0.640. The summed E-state index contributed by atoms with van der Waals surface area (Å²) in [6.45, 7) is 0. The highest BCUT2D eigenvalue weighted by atomic mass is 14.7. The van der Waals surface area contributed by atoms with Gasteiger partial charge >= 0.3 is 0 Å². The van der Waals surface area contributed by atoms with Crippen LogP contribution in [0.4, 0.5) is 0 Å². The summed E-state index contributed by atoms with van der Waals surface area (Å²) in [6.07, 6.45) is 8.02. The summed E-state index contributed by atoms with van der Waals surface area (Å²) in [5, 5.41) is 11.3. The Morgan fingerprint density at radius 1 is 1.05 bits per heavy atom. The third-order valence-corrected chi connectivity index (χ3v) is 3.96. The van der Waals surface area contributed by atoms with Crippen LogP contribution in [-0.4, -0.2) is 4.98 Å². The van der Waals surface area contributed by atoms with Crippen molar-refractivity contribution in [1.82, 2.24) is 4.98 Å². The van der Waals surface area contributed by atoms with Crippen LogP contribution in [0.3, 0.4) is 0 Å². The van der Waals surface area contributed by atoms with Crippen molar-refractivity contribution in [3.05, 3.63) is 68.9 Å². The van der Waals surface area contributed by atoms with E-state index in [0.717, 1.165) is 23.8 Å². The van der Waals surface area contributed by atoms with E-state index in [9.17, 15) is 0 Å². The average molecular weight is 244 g/mol. The molecule has 2 aliphatic rings. The second-order valence-corrected chi connectivity index (χ2v) is 5.05. The summed E-state index contributed by atoms with van der Waals surface area (Å²) in [5.41, 5.74) is 6.16. The Morgan fingerprint density at radius 3 is 2.79 bits per heavy atom. The van der Waals surface area contributed by atoms with Crippen LogP contribution >= 0.6 is 0 Å². The van der Waals surface area contributed by atoms with Crippen LogP contribution in [0.25, 0.3) is 12.2 Å². The number of hydrogen-bond acceptors (Lipinski definition) is 1. The molecule has 0 unspecified atom stereocenters. The van der Waals surface area contributed by atoms with Crippen LogP contribution in [0.15, 0.2) is 35.9 Å². The fraction of sp³-hybridized carbons (Fsp3) is 0.118. The standard InChI is InChI=1S/C17H12N2/c18-10-11-5-6-14-15-8-12-3-1-2-4-13(12)9-17(15)19-16(14)7-11/h1-5,7,9,19H,6,8H2. The lowest BCUT2D eigenvalue weighted by Crippen LogP contribution is -2.15. The molecular weight excluding hydrogens is 232 g/mol. The summed E-state index contributed by atoms with van der Waals surface area (Å²) >= 11 is 0. The van der Waals surface area contributed by atoms with E-state index < -0.39 is 0 Å². The molecule has 4 rings (SSSR count). The minimum absolute atomic E-state index is 0.753. The van der Waals surface area contributed by atoms with Gasteiger partial charge in [-0.05, 0) is 40.8 Å². The summed E-state index contributed by atoms with van der Waals surface area (Å²) < 4.78 is 0. The third-order valence-electron chi connectivity index (χ3n) is 3.96. The van der Waals surface area contributed by atoms with Gasteiger partial charge in [-0.3, -0.25) is 0 Å². The van der Waals surface area contributed by atoms with E-state index in [1.165, 1.54) is 27.6 Å². The first-order chi connectivity index (χ1) is 9.35. The molecule has 1 aromatic heterocycles. The Balaban J connectivity index is 1.98. The largest absolute Gasteiger partial charge is 0.355 e. The van der Waals surface area contributed by atoms with Crippen molar-refractivity contribution < 1.29 is 0 Å². The molecule has 2 nitrogen and oxygen atoms in total. The number of nitrogens with one attached hydrogen (secondary N) is 1. The maximum Gasteiger partial charge on any atom is 0.0989 e. The van der Waals surface area contributed by atoms with Gasteiger partial charge in [0.05, 0.1) is 11.6 Å². The first kappa shape index (κ1) is 10.4. The Kier molecular flexibility index (Phi) is 2.04. The SMILES string of the molecule is N#CC1=CCc2c3c([nH]c2=C1)=Cc1ccccc1C3. The normalized spacial score (nSPS) is 15.0. The lowest BCUT2D eigenvalue weighted by molar-refractivity contribution is 1.09. The molecule has 2 aromatic rings. The van der Waals surface area contributed by atoms with E-state index in [0.29, 0.717) is 0 Å². The van der Waals surface area contributed by atoms with Crippen LogP contribution in [0.5, 0.6) is 0 Å². The van der Waals surface area contributed by atoms with Crippen molar-refractivity contribution in [2.24, 2.45) is 0 Å². The van der Waals surface area contributed by atoms with Crippen LogP contribution in [0, 0.1) is 11.3 Å². The zero-order chi connectivity index (χ0) is 12.8. The summed E-state index contributed by atoms with van der Waals surface area (Å²) in [6, 6.07) is 10.7. The summed E-state index contributed by atoms with van der Waals surface area (Å²) in [5.74, 6) is 0. The van der Waals surface area contributed by atoms with E-state index in [4.69, 9.17) is 5.26 Å². The Hall–Kier alpha value is -2.53. The highest BCUT2D eigenvalue weighted by Crippen LogP contribution is 2.20. The molecule has 0 spiro atoms. The van der Waals surface area contributed by atoms with E-state index in [2.05, 4.69) is 41.4 Å². The summed E-state index contributed by atoms with van der Waals surface area (Å²) in [4.78, 5) is 3.46. The number of rotatable bonds is 0. The van der Waals surface area contributed by atoms with Crippen LogP contribution in [0.2, 0.25) is 0 Å². The molecule has 90 valence electrons. The van der Waals surface area contributed by atoms with Gasteiger partial charge in [-0.15, -0.1) is 0 Å². The van der Waals surface area contributed by atoms with Gasteiger partial charge in [-0.2, -0.15) is 5.26 Å². The first-order valence-electron chi connectivity index (χ1n) is 6.46. The van der Waals surface area contributed by atoms with Crippen molar-refractivity contribution in [3.63, 3.8) is 0 Å². The van der Waals surface area contributed by atoms with Gasteiger partial charge in [-0.25, -0.2) is 0 Å². The number of aromatic amines is 1. The Bertz CT molecular complexity index is 873. The van der Waals surface area contributed by atoms with Gasteiger partial charge in [0.1, 0.15) is 0 Å². The highest BCUT2D eigenvalue weighted by molar-refractivity contribution is 5.63. The summed E-state index contributed by atoms with van der Waals surface area (Å²) in [7, 11) is 0. The fourth-order valence-electron chi connectivity index (χ4n) is 2.99. The number of H-pyrrole nitrogens is 1. The number of benzene rings is 1. The van der Waals surface area contributed by atoms with Crippen molar-refractivity contribution in [3.8, 4) is 6.07 Å². The zero-order valence-corrected chi connectivity index (χ0v) is 10.4. The van der Waals surface area contributed by atoms with Crippen LogP contribution in [-0.2, 0) is 12.8 Å². The zero-order valence-electron chi connectivity index (χ0n) is 10.4. The number of nitrogens with zero attached hydrogens (tertiary/aromatic N) is 1. The second-order valence-electron chi connectivity index (χ2n) is 5.05. The van der Waals surface area contributed by atoms with E-state index in [1.54, 1.807) is 0 Å². The number of aromatic nitrogens is 1. The van der Waals surface area contributed by atoms with Crippen molar-refractivity contribution in [2.75, 3.05) is 0 Å². The molecule has 0 aliphatic heterocycles. The lowest BCUT2D eigenvalue weighted by atomic mass is 9.91. The average Bonchev–Trinajstić information content (AvgIpc) is 2.81. The molecule has 0 saturated heterocycles. The Labute approximate surface area is 111 Å². The molecule has 0 bridgehead atoms. The van der Waals surface area contributed by atoms with Gasteiger partial charge in [0, 0.05) is 17.1 Å². The first-order valence-corrected chi connectivity index (χ1v) is 6.46. The maximum absolute atomic E-state index is 8.99. The second kappa shape index (κ2) is 3.73. The predicted molar refractivity (Wildman–Crippen MR) is 74.7 cm³/mol. The number of allylic oxidation sites excluding steroid dienone is 2. The molecule has 0 radical (unpaired) electrons. The van der Waals surface area contributed by atoms with E-state index >= 15 is 0 Å². The molecule has 0 saturated carbocycles. The predicted octanol–water partition coefficient (Wildman–Crippen LogP) is 1.53. The monoisotopic (exact) mass is 244 g/mol. The molecule has 0 atom stereocenters. The molecule has 19 heavy (non-hydrogen) atoms. The number of hydrogen-bond donors (Lipinski definition) is 1. The van der Waals surface area contributed by atoms with Gasteiger partial charge in [0.15, 0.2) is 0 Å². The number of fused-ring (bicyclic) bond motifs is 4. The molecule has 0 fully saturated rings. The van der Waals surface area contributed by atoms with Crippen molar-refractivity contribution >= 4 is 12.2 Å². The molecule has 2 aliphatic carbocycles. The van der Waals surface area contributed by atoms with Crippen molar-refractivity contribution in [2.45, 2.75) is 12.8 Å². The Morgan fingerprint density at radius 2 is 1.89 bits per heavy atom. The molecule has 0 amide bonds. The molecule has 1 aromatic carbocycles. The topological polar surface area (TPSA) is 39.6 Å². The smallest absolute Gasteiger partial charge is 0.0989 e. The van der Waals surface area contributed by atoms with E-state index in [1.807, 2.05) is 12.2 Å². The minimum atomic E-state index is 0.753. The van der Waals surface area contributed by atoms with Gasteiger partial charge in [0.25, 0.3) is 0 Å². The van der Waals surface area contributed by atoms with Gasteiger partial charge in [-0.1, -0.05) is 30.3 Å². The van der Waals surface area contributed by atoms with Gasteiger partial charge < -0.3 is 4.98 Å². The minimum Gasteiger partial charge on any atom is -0.355 e. The highest BCUT2D eigenvalue weighted by Gasteiger charge is 2.17. The molecule has 2 heteroatoms. The van der Waals surface area contributed by atoms with Crippen LogP contribution < -0.4 is 10.7 Å². The van der Waals surface area contributed by atoms with Crippen molar-refractivity contribution in [1.29, 1.82) is 5.26 Å². The molecule has 1 heterocycles. The number of nitriles is 1. The van der Waals surface area contributed by atoms with Gasteiger partial charge in [0.2, 0.25) is 0 Å². The van der Waals surface area contributed by atoms with E-state index in [-0.39, 0.29) is 0 Å². The molecule has 1 N–H and O–H groups in total. The lowest BCUT2D eigenvalue weighted by Gasteiger charge is -2.12. The maximum atomic E-state index is 8.99. The molecular formula is C17H12N2. The van der Waals surface area contributed by atoms with Crippen LogP contribution in [0.1, 0.15) is 22.3 Å². The third kappa shape index (κ3) is 1.49.